The maximum atomic E-state index is 12.9. The number of aromatic nitrogens is 1. The highest BCUT2D eigenvalue weighted by Gasteiger charge is 2.22. The molecule has 1 saturated heterocycles. The van der Waals surface area contributed by atoms with Crippen molar-refractivity contribution in [3.63, 3.8) is 0 Å². The molecular formula is C20H23N3O2. The Kier molecular flexibility index (Phi) is 5.43. The van der Waals surface area contributed by atoms with E-state index in [2.05, 4.69) is 4.98 Å². The molecule has 25 heavy (non-hydrogen) atoms. The SMILES string of the molecule is CCN(C(=O)c1cc(C(=O)N2CCCCC2)ccn1)c1ccccc1. The number of piperidine rings is 1. The van der Waals surface area contributed by atoms with Gasteiger partial charge in [0, 0.05) is 37.1 Å². The van der Waals surface area contributed by atoms with Gasteiger partial charge in [-0.05, 0) is 50.5 Å². The average molecular weight is 337 g/mol. The van der Waals surface area contributed by atoms with Gasteiger partial charge in [-0.25, -0.2) is 0 Å². The Balaban J connectivity index is 1.82. The number of benzene rings is 1. The number of amides is 2. The molecule has 1 aromatic heterocycles. The lowest BCUT2D eigenvalue weighted by atomic mass is 10.1. The van der Waals surface area contributed by atoms with E-state index in [0.717, 1.165) is 31.6 Å². The van der Waals surface area contributed by atoms with Crippen molar-refractivity contribution in [3.8, 4) is 0 Å². The van der Waals surface area contributed by atoms with Crippen molar-refractivity contribution in [2.75, 3.05) is 24.5 Å². The number of carbonyl (C=O) groups excluding carboxylic acids is 2. The Hall–Kier alpha value is -2.69. The molecule has 1 fully saturated rings. The molecule has 1 aliphatic rings. The summed E-state index contributed by atoms with van der Waals surface area (Å²) >= 11 is 0. The minimum Gasteiger partial charge on any atom is -0.339 e. The predicted molar refractivity (Wildman–Crippen MR) is 97.8 cm³/mol. The third kappa shape index (κ3) is 3.87. The van der Waals surface area contributed by atoms with Gasteiger partial charge < -0.3 is 9.80 Å². The van der Waals surface area contributed by atoms with Gasteiger partial charge in [-0.15, -0.1) is 0 Å². The first-order valence-electron chi connectivity index (χ1n) is 8.83. The summed E-state index contributed by atoms with van der Waals surface area (Å²) in [6.45, 7) is 4.04. The number of hydrogen-bond acceptors (Lipinski definition) is 3. The third-order valence-electron chi connectivity index (χ3n) is 4.50. The smallest absolute Gasteiger partial charge is 0.276 e. The van der Waals surface area contributed by atoms with Crippen LogP contribution in [0, 0.1) is 0 Å². The topological polar surface area (TPSA) is 53.5 Å². The van der Waals surface area contributed by atoms with Crippen molar-refractivity contribution in [1.29, 1.82) is 0 Å². The highest BCUT2D eigenvalue weighted by molar-refractivity contribution is 6.06. The molecule has 0 radical (unpaired) electrons. The molecule has 5 heteroatoms. The van der Waals surface area contributed by atoms with Crippen LogP contribution in [0.1, 0.15) is 47.0 Å². The summed E-state index contributed by atoms with van der Waals surface area (Å²) in [7, 11) is 0. The molecule has 0 atom stereocenters. The van der Waals surface area contributed by atoms with Crippen molar-refractivity contribution in [2.24, 2.45) is 0 Å². The van der Waals surface area contributed by atoms with Gasteiger partial charge in [-0.1, -0.05) is 18.2 Å². The molecule has 0 unspecified atom stereocenters. The second-order valence-electron chi connectivity index (χ2n) is 6.17. The molecule has 0 saturated carbocycles. The average Bonchev–Trinajstić information content (AvgIpc) is 2.69. The normalized spacial score (nSPS) is 14.2. The standard InChI is InChI=1S/C20H23N3O2/c1-2-23(17-9-5-3-6-10-17)20(25)18-15-16(11-12-21-18)19(24)22-13-7-4-8-14-22/h3,5-6,9-12,15H,2,4,7-8,13-14H2,1H3. The van der Waals surface area contributed by atoms with Crippen molar-refractivity contribution < 1.29 is 9.59 Å². The fraction of sp³-hybridized carbons (Fsp3) is 0.350. The minimum atomic E-state index is -0.193. The molecule has 3 rings (SSSR count). The molecule has 2 amide bonds. The summed E-state index contributed by atoms with van der Waals surface area (Å²) in [5, 5.41) is 0. The zero-order valence-electron chi connectivity index (χ0n) is 14.5. The van der Waals surface area contributed by atoms with Gasteiger partial charge in [0.2, 0.25) is 0 Å². The van der Waals surface area contributed by atoms with Crippen LogP contribution in [0.25, 0.3) is 0 Å². The highest BCUT2D eigenvalue weighted by Crippen LogP contribution is 2.18. The number of rotatable bonds is 4. The van der Waals surface area contributed by atoms with E-state index in [1.54, 1.807) is 23.2 Å². The van der Waals surface area contributed by atoms with Crippen LogP contribution in [0.4, 0.5) is 5.69 Å². The Morgan fingerprint density at radius 3 is 2.48 bits per heavy atom. The fourth-order valence-corrected chi connectivity index (χ4v) is 3.15. The first-order valence-corrected chi connectivity index (χ1v) is 8.83. The molecule has 0 N–H and O–H groups in total. The second-order valence-corrected chi connectivity index (χ2v) is 6.17. The third-order valence-corrected chi connectivity index (χ3v) is 4.50. The first kappa shape index (κ1) is 17.1. The quantitative estimate of drug-likeness (QED) is 0.859. The van der Waals surface area contributed by atoms with E-state index in [0.29, 0.717) is 17.8 Å². The van der Waals surface area contributed by atoms with Gasteiger partial charge in [-0.3, -0.25) is 14.6 Å². The maximum Gasteiger partial charge on any atom is 0.276 e. The maximum absolute atomic E-state index is 12.9. The largest absolute Gasteiger partial charge is 0.339 e. The van der Waals surface area contributed by atoms with Gasteiger partial charge in [0.15, 0.2) is 0 Å². The molecule has 1 aliphatic heterocycles. The summed E-state index contributed by atoms with van der Waals surface area (Å²) in [4.78, 5) is 33.2. The molecular weight excluding hydrogens is 314 g/mol. The van der Waals surface area contributed by atoms with Crippen LogP contribution < -0.4 is 4.90 Å². The van der Waals surface area contributed by atoms with Gasteiger partial charge in [-0.2, -0.15) is 0 Å². The van der Waals surface area contributed by atoms with E-state index in [4.69, 9.17) is 0 Å². The number of nitrogens with zero attached hydrogens (tertiary/aromatic N) is 3. The molecule has 1 aromatic carbocycles. The Morgan fingerprint density at radius 1 is 1.08 bits per heavy atom. The highest BCUT2D eigenvalue weighted by atomic mass is 16.2. The number of carbonyl (C=O) groups is 2. The van der Waals surface area contributed by atoms with E-state index < -0.39 is 0 Å². The number of anilines is 1. The van der Waals surface area contributed by atoms with Crippen molar-refractivity contribution >= 4 is 17.5 Å². The molecule has 0 bridgehead atoms. The van der Waals surface area contributed by atoms with Gasteiger partial charge in [0.1, 0.15) is 5.69 Å². The van der Waals surface area contributed by atoms with E-state index in [-0.39, 0.29) is 11.8 Å². The Bertz CT molecular complexity index is 740. The first-order chi connectivity index (χ1) is 12.2. The Labute approximate surface area is 148 Å². The van der Waals surface area contributed by atoms with Crippen LogP contribution in [-0.4, -0.2) is 41.3 Å². The van der Waals surface area contributed by atoms with E-state index in [1.165, 1.54) is 6.42 Å². The van der Waals surface area contributed by atoms with Crippen LogP contribution in [0.2, 0.25) is 0 Å². The summed E-state index contributed by atoms with van der Waals surface area (Å²) in [6, 6.07) is 12.8. The lowest BCUT2D eigenvalue weighted by molar-refractivity contribution is 0.0724. The monoisotopic (exact) mass is 337 g/mol. The van der Waals surface area contributed by atoms with Crippen molar-refractivity contribution in [2.45, 2.75) is 26.2 Å². The summed E-state index contributed by atoms with van der Waals surface area (Å²) in [6.07, 6.45) is 4.80. The molecule has 130 valence electrons. The van der Waals surface area contributed by atoms with Crippen molar-refractivity contribution in [1.82, 2.24) is 9.88 Å². The van der Waals surface area contributed by atoms with Crippen LogP contribution in [-0.2, 0) is 0 Å². The lowest BCUT2D eigenvalue weighted by Crippen LogP contribution is -2.36. The molecule has 0 aliphatic carbocycles. The number of para-hydroxylation sites is 1. The number of hydrogen-bond donors (Lipinski definition) is 0. The molecule has 5 nitrogen and oxygen atoms in total. The van der Waals surface area contributed by atoms with Gasteiger partial charge in [0.25, 0.3) is 11.8 Å². The molecule has 0 spiro atoms. The fourth-order valence-electron chi connectivity index (χ4n) is 3.15. The summed E-state index contributed by atoms with van der Waals surface area (Å²) < 4.78 is 0. The van der Waals surface area contributed by atoms with Crippen LogP contribution in [0.5, 0.6) is 0 Å². The van der Waals surface area contributed by atoms with E-state index in [9.17, 15) is 9.59 Å². The lowest BCUT2D eigenvalue weighted by Gasteiger charge is -2.27. The van der Waals surface area contributed by atoms with Crippen LogP contribution in [0.15, 0.2) is 48.7 Å². The predicted octanol–water partition coefficient (Wildman–Crippen LogP) is 3.37. The van der Waals surface area contributed by atoms with E-state index >= 15 is 0 Å². The van der Waals surface area contributed by atoms with Gasteiger partial charge in [0.05, 0.1) is 0 Å². The summed E-state index contributed by atoms with van der Waals surface area (Å²) in [5.74, 6) is -0.207. The second kappa shape index (κ2) is 7.92. The van der Waals surface area contributed by atoms with Crippen LogP contribution in [0.3, 0.4) is 0 Å². The van der Waals surface area contributed by atoms with Crippen molar-refractivity contribution in [3.05, 3.63) is 59.9 Å². The van der Waals surface area contributed by atoms with Gasteiger partial charge >= 0.3 is 0 Å². The zero-order valence-corrected chi connectivity index (χ0v) is 14.5. The van der Waals surface area contributed by atoms with E-state index in [1.807, 2.05) is 42.2 Å². The van der Waals surface area contributed by atoms with Crippen LogP contribution >= 0.6 is 0 Å². The zero-order chi connectivity index (χ0) is 17.6. The number of likely N-dealkylation sites (tertiary alicyclic amines) is 1. The minimum absolute atomic E-state index is 0.0149. The summed E-state index contributed by atoms with van der Waals surface area (Å²) in [5.41, 5.74) is 1.66. The molecule has 2 aromatic rings. The molecule has 2 heterocycles. The Morgan fingerprint density at radius 2 is 1.80 bits per heavy atom. The number of pyridine rings is 1.